The summed E-state index contributed by atoms with van der Waals surface area (Å²) in [5.41, 5.74) is 1.91. The minimum Gasteiger partial charge on any atom is -0.479 e. The maximum Gasteiger partial charge on any atom is 0.416 e. The van der Waals surface area contributed by atoms with E-state index in [9.17, 15) is 27.9 Å². The van der Waals surface area contributed by atoms with Crippen LogP contribution in [0.2, 0.25) is 0 Å². The number of alkyl halides is 3. The van der Waals surface area contributed by atoms with Crippen molar-refractivity contribution in [3.05, 3.63) is 130 Å². The predicted octanol–water partition coefficient (Wildman–Crippen LogP) is 5.28. The molecule has 2 aromatic heterocycles. The monoisotopic (exact) mass is 619 g/mol. The number of fused-ring (bicyclic) bond motifs is 6. The number of carbonyl (C=O) groups excluding carboxylic acids is 1. The number of amides is 1. The lowest BCUT2D eigenvalue weighted by Gasteiger charge is -2.18. The highest BCUT2D eigenvalue weighted by atomic mass is 19.4. The first-order valence-electron chi connectivity index (χ1n) is 14.2. The van der Waals surface area contributed by atoms with Crippen LogP contribution in [0.1, 0.15) is 27.3 Å². The van der Waals surface area contributed by atoms with Gasteiger partial charge in [-0.2, -0.15) is 13.2 Å². The Morgan fingerprint density at radius 1 is 0.870 bits per heavy atom. The van der Waals surface area contributed by atoms with Gasteiger partial charge in [0.1, 0.15) is 0 Å². The summed E-state index contributed by atoms with van der Waals surface area (Å²) < 4.78 is 39.5. The number of carboxylic acids is 1. The predicted molar refractivity (Wildman–Crippen MR) is 170 cm³/mol. The third-order valence-corrected chi connectivity index (χ3v) is 7.85. The van der Waals surface area contributed by atoms with Gasteiger partial charge in [0.05, 0.1) is 34.1 Å². The maximum atomic E-state index is 13.7. The van der Waals surface area contributed by atoms with Crippen LogP contribution in [0.5, 0.6) is 0 Å². The zero-order valence-corrected chi connectivity index (χ0v) is 23.9. The molecule has 2 aromatic carbocycles. The Bertz CT molecular complexity index is 2200. The molecule has 0 aliphatic carbocycles. The number of aliphatic carboxylic acids is 1. The van der Waals surface area contributed by atoms with E-state index in [0.717, 1.165) is 22.8 Å². The Morgan fingerprint density at radius 3 is 2.35 bits per heavy atom. The highest BCUT2D eigenvalue weighted by molar-refractivity contribution is 6.20. The van der Waals surface area contributed by atoms with E-state index >= 15 is 0 Å². The van der Waals surface area contributed by atoms with Gasteiger partial charge in [-0.05, 0) is 90.1 Å². The number of aliphatic imine (C=N–C) groups is 2. The molecule has 0 fully saturated rings. The lowest BCUT2D eigenvalue weighted by molar-refractivity contribution is -0.141. The van der Waals surface area contributed by atoms with Crippen LogP contribution in [-0.2, 0) is 17.4 Å². The lowest BCUT2D eigenvalue weighted by Crippen LogP contribution is -2.36. The summed E-state index contributed by atoms with van der Waals surface area (Å²) in [6, 6.07) is 16.6. The molecule has 0 spiro atoms. The standard InChI is InChI=1S/C35H24F3N5O3/c36-35(37,38)21-7-5-20(6-8-21)28-3-1-2-4-29(28)32(44)42-31-18-27-19-34(33(45)46)14-13-26(43-34)16-24-10-9-22(39-24)15-23-11-12-25(40-23)17-30(31)41-27/h1-18,39,41H,19H2,(H,42,44)(H,45,46)/b22-15?,24-16+,25-17?/t34-/m1/s1. The fourth-order valence-corrected chi connectivity index (χ4v) is 5.61. The molecule has 1 atom stereocenters. The minimum absolute atomic E-state index is 0.0293. The van der Waals surface area contributed by atoms with Gasteiger partial charge in [-0.25, -0.2) is 9.79 Å². The number of carboxylic acid groups (broad SMARTS) is 1. The SMILES string of the molecule is O=C(Nc1cc2[nH]c1C=C1C=CC(=N1)C=c1cc/c([nH]1)=C\C1=N[C@](C(=O)O)(C=C1)C2)c1ccccc1-c1ccc(C(F)(F)F)cc1. The quantitative estimate of drug-likeness (QED) is 0.249. The van der Waals surface area contributed by atoms with Crippen molar-refractivity contribution in [2.45, 2.75) is 18.1 Å². The van der Waals surface area contributed by atoms with Crippen molar-refractivity contribution in [1.29, 1.82) is 0 Å². The second-order valence-corrected chi connectivity index (χ2v) is 11.1. The zero-order chi connectivity index (χ0) is 32.1. The molecule has 228 valence electrons. The van der Waals surface area contributed by atoms with Crippen LogP contribution in [0.3, 0.4) is 0 Å². The molecule has 7 rings (SSSR count). The minimum atomic E-state index is -4.48. The topological polar surface area (TPSA) is 123 Å². The van der Waals surface area contributed by atoms with Crippen LogP contribution >= 0.6 is 0 Å². The van der Waals surface area contributed by atoms with Crippen molar-refractivity contribution < 1.29 is 27.9 Å². The van der Waals surface area contributed by atoms with Crippen LogP contribution in [0.4, 0.5) is 18.9 Å². The number of halogens is 3. The zero-order valence-electron chi connectivity index (χ0n) is 23.9. The number of nitrogens with zero attached hydrogens (tertiary/aromatic N) is 2. The lowest BCUT2D eigenvalue weighted by atomic mass is 9.95. The second kappa shape index (κ2) is 10.9. The number of H-pyrrole nitrogens is 2. The first-order valence-corrected chi connectivity index (χ1v) is 14.2. The number of hydrogen-bond donors (Lipinski definition) is 4. The molecule has 0 saturated carbocycles. The molecule has 0 unspecified atom stereocenters. The Kier molecular flexibility index (Phi) is 6.81. The van der Waals surface area contributed by atoms with Gasteiger partial charge in [0.15, 0.2) is 5.54 Å². The number of benzene rings is 2. The van der Waals surface area contributed by atoms with Crippen molar-refractivity contribution in [3.8, 4) is 11.1 Å². The number of anilines is 1. The molecule has 4 N–H and O–H groups in total. The average Bonchev–Trinajstić information content (AvgIpc) is 3.82. The molecule has 1 amide bonds. The van der Waals surface area contributed by atoms with Gasteiger partial charge in [-0.3, -0.25) is 9.79 Å². The Hall–Kier alpha value is -5.97. The fourth-order valence-electron chi connectivity index (χ4n) is 5.61. The van der Waals surface area contributed by atoms with Gasteiger partial charge in [0, 0.05) is 28.4 Å². The van der Waals surface area contributed by atoms with Gasteiger partial charge in [-0.1, -0.05) is 30.3 Å². The molecule has 4 aromatic rings. The molecule has 3 aliphatic rings. The average molecular weight is 620 g/mol. The number of nitrogens with one attached hydrogen (secondary N) is 3. The van der Waals surface area contributed by atoms with Gasteiger partial charge in [0.2, 0.25) is 0 Å². The summed E-state index contributed by atoms with van der Waals surface area (Å²) in [4.78, 5) is 42.0. The number of carbonyl (C=O) groups is 2. The molecule has 3 aliphatic heterocycles. The maximum absolute atomic E-state index is 13.7. The summed E-state index contributed by atoms with van der Waals surface area (Å²) in [6.45, 7) is 0. The van der Waals surface area contributed by atoms with Gasteiger partial charge < -0.3 is 20.4 Å². The van der Waals surface area contributed by atoms with Crippen molar-refractivity contribution >= 4 is 47.2 Å². The Balaban J connectivity index is 1.28. The summed E-state index contributed by atoms with van der Waals surface area (Å²) >= 11 is 0. The highest BCUT2D eigenvalue weighted by Gasteiger charge is 2.39. The molecule has 8 nitrogen and oxygen atoms in total. The van der Waals surface area contributed by atoms with E-state index in [1.165, 1.54) is 12.1 Å². The fraction of sp³-hybridized carbons (Fsp3) is 0.0857. The van der Waals surface area contributed by atoms with Crippen molar-refractivity contribution in [1.82, 2.24) is 9.97 Å². The first-order chi connectivity index (χ1) is 22.0. The summed E-state index contributed by atoms with van der Waals surface area (Å²) in [6.07, 6.45) is 7.75. The van der Waals surface area contributed by atoms with E-state index in [1.807, 2.05) is 30.4 Å². The number of rotatable bonds is 4. The van der Waals surface area contributed by atoms with Crippen LogP contribution in [-0.4, -0.2) is 43.9 Å². The number of aromatic nitrogens is 2. The van der Waals surface area contributed by atoms with E-state index in [1.54, 1.807) is 54.6 Å². The van der Waals surface area contributed by atoms with E-state index in [2.05, 4.69) is 25.3 Å². The van der Waals surface area contributed by atoms with Crippen molar-refractivity contribution in [3.63, 3.8) is 0 Å². The normalized spacial score (nSPS) is 19.0. The summed E-state index contributed by atoms with van der Waals surface area (Å²) in [5, 5.41) is 14.7. The summed E-state index contributed by atoms with van der Waals surface area (Å²) in [5.74, 6) is -1.63. The van der Waals surface area contributed by atoms with Gasteiger partial charge in [0.25, 0.3) is 5.91 Å². The number of aromatic amines is 2. The van der Waals surface area contributed by atoms with Crippen LogP contribution in [0.25, 0.3) is 29.4 Å². The van der Waals surface area contributed by atoms with Gasteiger partial charge >= 0.3 is 12.1 Å². The number of hydrogen-bond acceptors (Lipinski definition) is 4. The van der Waals surface area contributed by atoms with E-state index in [4.69, 9.17) is 0 Å². The van der Waals surface area contributed by atoms with Crippen molar-refractivity contribution in [2.75, 3.05) is 5.32 Å². The molecule has 5 heterocycles. The van der Waals surface area contributed by atoms with Crippen molar-refractivity contribution in [2.24, 2.45) is 9.98 Å². The van der Waals surface area contributed by atoms with E-state index in [-0.39, 0.29) is 12.0 Å². The molecule has 11 heteroatoms. The second-order valence-electron chi connectivity index (χ2n) is 11.1. The third kappa shape index (κ3) is 5.54. The van der Waals surface area contributed by atoms with E-state index in [0.29, 0.717) is 45.3 Å². The molecule has 8 bridgehead atoms. The molecule has 0 radical (unpaired) electrons. The van der Waals surface area contributed by atoms with Gasteiger partial charge in [-0.15, -0.1) is 0 Å². The third-order valence-electron chi connectivity index (χ3n) is 7.85. The highest BCUT2D eigenvalue weighted by Crippen LogP contribution is 2.33. The molecule has 0 saturated heterocycles. The first kappa shape index (κ1) is 28.8. The Labute approximate surface area is 259 Å². The number of allylic oxidation sites excluding steroid dienone is 3. The smallest absolute Gasteiger partial charge is 0.416 e. The molecular weight excluding hydrogens is 595 g/mol. The molecule has 46 heavy (non-hydrogen) atoms. The largest absolute Gasteiger partial charge is 0.479 e. The molecular formula is C35H24F3N5O3. The Morgan fingerprint density at radius 2 is 1.61 bits per heavy atom. The summed E-state index contributed by atoms with van der Waals surface area (Å²) in [7, 11) is 0. The van der Waals surface area contributed by atoms with Crippen LogP contribution in [0, 0.1) is 0 Å². The van der Waals surface area contributed by atoms with Crippen LogP contribution < -0.4 is 16.0 Å². The van der Waals surface area contributed by atoms with Crippen LogP contribution in [0.15, 0.2) is 107 Å². The van der Waals surface area contributed by atoms with E-state index < -0.39 is 29.2 Å².